The van der Waals surface area contributed by atoms with Crippen LogP contribution < -0.4 is 10.6 Å². The number of hydrogen-bond donors (Lipinski definition) is 2. The Kier molecular flexibility index (Phi) is 3.67. The number of thioether (sulfide) groups is 1. The summed E-state index contributed by atoms with van der Waals surface area (Å²) in [5.74, 6) is 1.58. The molecule has 0 bridgehead atoms. The molecule has 2 rings (SSSR count). The number of aryl methyl sites for hydroxylation is 1. The highest BCUT2D eigenvalue weighted by molar-refractivity contribution is 7.99. The molecule has 1 saturated heterocycles. The van der Waals surface area contributed by atoms with Crippen LogP contribution in [-0.2, 0) is 4.79 Å². The first-order chi connectivity index (χ1) is 8.20. The molecule has 1 aromatic carbocycles. The molecule has 0 saturated carbocycles. The molecule has 4 nitrogen and oxygen atoms in total. The van der Waals surface area contributed by atoms with Gasteiger partial charge in [-0.15, -0.1) is 11.8 Å². The lowest BCUT2D eigenvalue weighted by Crippen LogP contribution is -2.37. The Labute approximate surface area is 104 Å². The molecule has 1 unspecified atom stereocenters. The minimum atomic E-state index is -0.134. The third-order valence-corrected chi connectivity index (χ3v) is 3.60. The van der Waals surface area contributed by atoms with Gasteiger partial charge >= 0.3 is 0 Å². The van der Waals surface area contributed by atoms with Crippen molar-refractivity contribution in [3.8, 4) is 6.07 Å². The van der Waals surface area contributed by atoms with E-state index >= 15 is 0 Å². The lowest BCUT2D eigenvalue weighted by Gasteiger charge is -2.12. The van der Waals surface area contributed by atoms with Crippen LogP contribution in [0.4, 0.5) is 5.69 Å². The molecular weight excluding hydrogens is 234 g/mol. The molecule has 5 heteroatoms. The average molecular weight is 247 g/mol. The summed E-state index contributed by atoms with van der Waals surface area (Å²) >= 11 is 1.71. The number of carbonyl (C=O) groups excluding carboxylic acids is 1. The van der Waals surface area contributed by atoms with Gasteiger partial charge in [0.1, 0.15) is 0 Å². The third kappa shape index (κ3) is 2.78. The van der Waals surface area contributed by atoms with E-state index < -0.39 is 0 Å². The topological polar surface area (TPSA) is 64.9 Å². The maximum atomic E-state index is 11.9. The molecule has 0 radical (unpaired) electrons. The minimum Gasteiger partial charge on any atom is -0.324 e. The highest BCUT2D eigenvalue weighted by Crippen LogP contribution is 2.18. The molecule has 1 heterocycles. The smallest absolute Gasteiger partial charge is 0.242 e. The number of hydrogen-bond acceptors (Lipinski definition) is 4. The lowest BCUT2D eigenvalue weighted by atomic mass is 10.1. The van der Waals surface area contributed by atoms with E-state index in [9.17, 15) is 4.79 Å². The SMILES string of the molecule is Cc1ccc(C#N)cc1NC(=O)C1CSCN1. The Hall–Kier alpha value is -1.51. The molecule has 2 N–H and O–H groups in total. The maximum absolute atomic E-state index is 11.9. The molecule has 1 aliphatic heterocycles. The molecule has 1 aromatic rings. The standard InChI is InChI=1S/C12H13N3OS/c1-8-2-3-9(5-13)4-10(8)15-12(16)11-6-17-7-14-11/h2-4,11,14H,6-7H2,1H3,(H,15,16). The summed E-state index contributed by atoms with van der Waals surface area (Å²) in [5, 5.41) is 14.8. The highest BCUT2D eigenvalue weighted by atomic mass is 32.2. The maximum Gasteiger partial charge on any atom is 0.242 e. The van der Waals surface area contributed by atoms with Crippen LogP contribution in [0.1, 0.15) is 11.1 Å². The Morgan fingerprint density at radius 2 is 2.47 bits per heavy atom. The first-order valence-electron chi connectivity index (χ1n) is 5.33. The highest BCUT2D eigenvalue weighted by Gasteiger charge is 2.22. The van der Waals surface area contributed by atoms with Gasteiger partial charge in [-0.1, -0.05) is 6.07 Å². The summed E-state index contributed by atoms with van der Waals surface area (Å²) in [4.78, 5) is 11.9. The zero-order chi connectivity index (χ0) is 12.3. The summed E-state index contributed by atoms with van der Waals surface area (Å²) in [6.45, 7) is 1.91. The van der Waals surface area contributed by atoms with Crippen molar-refractivity contribution >= 4 is 23.4 Å². The van der Waals surface area contributed by atoms with Crippen molar-refractivity contribution in [1.82, 2.24) is 5.32 Å². The van der Waals surface area contributed by atoms with Crippen LogP contribution in [0.2, 0.25) is 0 Å². The van der Waals surface area contributed by atoms with Crippen molar-refractivity contribution in [2.45, 2.75) is 13.0 Å². The van der Waals surface area contributed by atoms with Crippen LogP contribution in [0.3, 0.4) is 0 Å². The van der Waals surface area contributed by atoms with Crippen LogP contribution in [0.25, 0.3) is 0 Å². The van der Waals surface area contributed by atoms with Gasteiger partial charge in [0.2, 0.25) is 5.91 Å². The number of nitrogens with zero attached hydrogens (tertiary/aromatic N) is 1. The summed E-state index contributed by atoms with van der Waals surface area (Å²) in [6.07, 6.45) is 0. The number of carbonyl (C=O) groups is 1. The largest absolute Gasteiger partial charge is 0.324 e. The summed E-state index contributed by atoms with van der Waals surface area (Å²) in [5.41, 5.74) is 2.23. The normalized spacial score (nSPS) is 18.7. The molecule has 0 aromatic heterocycles. The molecule has 1 atom stereocenters. The first kappa shape index (κ1) is 12.0. The zero-order valence-electron chi connectivity index (χ0n) is 9.49. The van der Waals surface area contributed by atoms with E-state index in [0.717, 1.165) is 17.2 Å². The van der Waals surface area contributed by atoms with Gasteiger partial charge in [0.25, 0.3) is 0 Å². The van der Waals surface area contributed by atoms with Gasteiger partial charge < -0.3 is 5.32 Å². The third-order valence-electron chi connectivity index (χ3n) is 2.66. The van der Waals surface area contributed by atoms with Crippen molar-refractivity contribution in [1.29, 1.82) is 5.26 Å². The number of benzene rings is 1. The monoisotopic (exact) mass is 247 g/mol. The van der Waals surface area contributed by atoms with Crippen LogP contribution in [0, 0.1) is 18.3 Å². The summed E-state index contributed by atoms with van der Waals surface area (Å²) in [7, 11) is 0. The number of amides is 1. The van der Waals surface area contributed by atoms with Gasteiger partial charge in [-0.25, -0.2) is 0 Å². The molecule has 1 amide bonds. The Morgan fingerprint density at radius 3 is 3.12 bits per heavy atom. The average Bonchev–Trinajstić information content (AvgIpc) is 2.85. The van der Waals surface area contributed by atoms with Crippen molar-refractivity contribution in [3.05, 3.63) is 29.3 Å². The predicted molar refractivity (Wildman–Crippen MR) is 68.8 cm³/mol. The quantitative estimate of drug-likeness (QED) is 0.830. The van der Waals surface area contributed by atoms with Crippen LogP contribution in [0.5, 0.6) is 0 Å². The molecule has 0 aliphatic carbocycles. The van der Waals surface area contributed by atoms with Gasteiger partial charge in [-0.2, -0.15) is 5.26 Å². The fraction of sp³-hybridized carbons (Fsp3) is 0.333. The molecule has 1 fully saturated rings. The van der Waals surface area contributed by atoms with Crippen LogP contribution >= 0.6 is 11.8 Å². The second kappa shape index (κ2) is 5.21. The molecular formula is C12H13N3OS. The van der Waals surface area contributed by atoms with E-state index in [0.29, 0.717) is 11.3 Å². The molecule has 0 spiro atoms. The molecule has 1 aliphatic rings. The molecule has 88 valence electrons. The Morgan fingerprint density at radius 1 is 1.65 bits per heavy atom. The second-order valence-corrected chi connectivity index (χ2v) is 4.93. The second-order valence-electron chi connectivity index (χ2n) is 3.90. The van der Waals surface area contributed by atoms with Crippen molar-refractivity contribution < 1.29 is 4.79 Å². The zero-order valence-corrected chi connectivity index (χ0v) is 10.3. The van der Waals surface area contributed by atoms with Gasteiger partial charge in [0.05, 0.1) is 17.7 Å². The predicted octanol–water partition coefficient (Wildman–Crippen LogP) is 1.47. The van der Waals surface area contributed by atoms with Gasteiger partial charge in [0.15, 0.2) is 0 Å². The Bertz CT molecular complexity index is 475. The van der Waals surface area contributed by atoms with Crippen LogP contribution in [-0.4, -0.2) is 23.6 Å². The fourth-order valence-corrected chi connectivity index (χ4v) is 2.55. The van der Waals surface area contributed by atoms with E-state index in [1.165, 1.54) is 0 Å². The van der Waals surface area contributed by atoms with E-state index in [2.05, 4.69) is 16.7 Å². The van der Waals surface area contributed by atoms with E-state index in [4.69, 9.17) is 5.26 Å². The van der Waals surface area contributed by atoms with Crippen molar-refractivity contribution in [2.75, 3.05) is 16.9 Å². The van der Waals surface area contributed by atoms with Gasteiger partial charge in [-0.3, -0.25) is 10.1 Å². The number of rotatable bonds is 2. The fourth-order valence-electron chi connectivity index (χ4n) is 1.61. The van der Waals surface area contributed by atoms with Gasteiger partial charge in [-0.05, 0) is 24.6 Å². The number of nitrogens with one attached hydrogen (secondary N) is 2. The number of nitriles is 1. The summed E-state index contributed by atoms with van der Waals surface area (Å²) in [6, 6.07) is 7.22. The van der Waals surface area contributed by atoms with E-state index in [1.54, 1.807) is 23.9 Å². The van der Waals surface area contributed by atoms with Gasteiger partial charge in [0, 0.05) is 17.3 Å². The molecule has 17 heavy (non-hydrogen) atoms. The summed E-state index contributed by atoms with van der Waals surface area (Å²) < 4.78 is 0. The van der Waals surface area contributed by atoms with E-state index in [-0.39, 0.29) is 11.9 Å². The first-order valence-corrected chi connectivity index (χ1v) is 6.49. The van der Waals surface area contributed by atoms with Crippen molar-refractivity contribution in [3.63, 3.8) is 0 Å². The Balaban J connectivity index is 2.12. The minimum absolute atomic E-state index is 0.0341. The van der Waals surface area contributed by atoms with Crippen molar-refractivity contribution in [2.24, 2.45) is 0 Å². The lowest BCUT2D eigenvalue weighted by molar-refractivity contribution is -0.117. The van der Waals surface area contributed by atoms with E-state index in [1.807, 2.05) is 13.0 Å². The van der Waals surface area contributed by atoms with Crippen LogP contribution in [0.15, 0.2) is 18.2 Å². The number of anilines is 1.